The molecule has 0 aliphatic carbocycles. The van der Waals surface area contributed by atoms with Crippen LogP contribution in [0.1, 0.15) is 12.0 Å². The van der Waals surface area contributed by atoms with Gasteiger partial charge in [0.2, 0.25) is 0 Å². The normalized spacial score (nSPS) is 22.0. The van der Waals surface area contributed by atoms with E-state index in [1.165, 1.54) is 17.7 Å². The lowest BCUT2D eigenvalue weighted by Gasteiger charge is -2.33. The van der Waals surface area contributed by atoms with E-state index in [1.54, 1.807) is 0 Å². The molecule has 0 amide bonds. The number of likely N-dealkylation sites (N-methyl/N-ethyl adjacent to an activating group) is 1. The summed E-state index contributed by atoms with van der Waals surface area (Å²) in [6.45, 7) is 6.03. The van der Waals surface area contributed by atoms with E-state index in [2.05, 4.69) is 29.8 Å². The van der Waals surface area contributed by atoms with Crippen LogP contribution in [-0.2, 0) is 0 Å². The van der Waals surface area contributed by atoms with Gasteiger partial charge in [-0.1, -0.05) is 11.6 Å². The standard InChI is InChI=1S/C14H22ClN3/c1-11-8-12(15)4-5-14(11)18-7-3-6-17(2)10-13(18)9-16/h4-5,8,13H,3,6-7,9-10,16H2,1-2H3. The molecule has 2 rings (SSSR count). The molecule has 0 bridgehead atoms. The average molecular weight is 268 g/mol. The molecule has 4 heteroatoms. The first-order valence-electron chi connectivity index (χ1n) is 6.53. The summed E-state index contributed by atoms with van der Waals surface area (Å²) in [7, 11) is 2.17. The molecule has 3 nitrogen and oxygen atoms in total. The van der Waals surface area contributed by atoms with Gasteiger partial charge in [0.25, 0.3) is 0 Å². The van der Waals surface area contributed by atoms with E-state index < -0.39 is 0 Å². The van der Waals surface area contributed by atoms with Gasteiger partial charge in [0.15, 0.2) is 0 Å². The van der Waals surface area contributed by atoms with Crippen LogP contribution in [0.4, 0.5) is 5.69 Å². The van der Waals surface area contributed by atoms with Crippen LogP contribution >= 0.6 is 11.6 Å². The van der Waals surface area contributed by atoms with Crippen LogP contribution in [0.2, 0.25) is 5.02 Å². The number of anilines is 1. The van der Waals surface area contributed by atoms with Gasteiger partial charge in [-0.15, -0.1) is 0 Å². The predicted molar refractivity (Wildman–Crippen MR) is 78.5 cm³/mol. The third kappa shape index (κ3) is 2.97. The van der Waals surface area contributed by atoms with Crippen molar-refractivity contribution < 1.29 is 0 Å². The molecule has 0 radical (unpaired) electrons. The number of hydrogen-bond acceptors (Lipinski definition) is 3. The summed E-state index contributed by atoms with van der Waals surface area (Å²) < 4.78 is 0. The van der Waals surface area contributed by atoms with Gasteiger partial charge < -0.3 is 15.5 Å². The van der Waals surface area contributed by atoms with Crippen molar-refractivity contribution in [3.63, 3.8) is 0 Å². The number of aryl methyl sites for hydroxylation is 1. The lowest BCUT2D eigenvalue weighted by atomic mass is 10.1. The molecule has 1 aromatic carbocycles. The average Bonchev–Trinajstić information content (AvgIpc) is 2.51. The molecule has 1 heterocycles. The van der Waals surface area contributed by atoms with Crippen molar-refractivity contribution in [2.24, 2.45) is 5.73 Å². The Morgan fingerprint density at radius 3 is 2.83 bits per heavy atom. The fourth-order valence-electron chi connectivity index (χ4n) is 2.70. The van der Waals surface area contributed by atoms with Crippen molar-refractivity contribution in [1.29, 1.82) is 0 Å². The smallest absolute Gasteiger partial charge is 0.0539 e. The van der Waals surface area contributed by atoms with E-state index in [1.807, 2.05) is 12.1 Å². The molecule has 1 aliphatic heterocycles. The Morgan fingerprint density at radius 1 is 1.39 bits per heavy atom. The van der Waals surface area contributed by atoms with Crippen molar-refractivity contribution in [3.05, 3.63) is 28.8 Å². The zero-order valence-electron chi connectivity index (χ0n) is 11.2. The Bertz CT molecular complexity index is 408. The minimum atomic E-state index is 0.386. The first kappa shape index (κ1) is 13.7. The quantitative estimate of drug-likeness (QED) is 0.891. The predicted octanol–water partition coefficient (Wildman–Crippen LogP) is 2.12. The van der Waals surface area contributed by atoms with Crippen molar-refractivity contribution in [1.82, 2.24) is 4.90 Å². The number of nitrogens with zero attached hydrogens (tertiary/aromatic N) is 2. The molecule has 100 valence electrons. The summed E-state index contributed by atoms with van der Waals surface area (Å²) in [5.74, 6) is 0. The zero-order valence-corrected chi connectivity index (χ0v) is 12.0. The SMILES string of the molecule is Cc1cc(Cl)ccc1N1CCCN(C)CC1CN. The molecule has 0 aromatic heterocycles. The van der Waals surface area contributed by atoms with E-state index in [4.69, 9.17) is 17.3 Å². The van der Waals surface area contributed by atoms with Crippen LogP contribution in [0, 0.1) is 6.92 Å². The summed E-state index contributed by atoms with van der Waals surface area (Å²) in [6, 6.07) is 6.49. The Balaban J connectivity index is 2.28. The van der Waals surface area contributed by atoms with Gasteiger partial charge in [-0.25, -0.2) is 0 Å². The van der Waals surface area contributed by atoms with E-state index in [0.717, 1.165) is 24.7 Å². The van der Waals surface area contributed by atoms with Crippen molar-refractivity contribution in [2.45, 2.75) is 19.4 Å². The molecule has 1 saturated heterocycles. The van der Waals surface area contributed by atoms with Crippen molar-refractivity contribution in [3.8, 4) is 0 Å². The minimum absolute atomic E-state index is 0.386. The number of hydrogen-bond donors (Lipinski definition) is 1. The van der Waals surface area contributed by atoms with Crippen molar-refractivity contribution in [2.75, 3.05) is 38.1 Å². The molecule has 0 saturated carbocycles. The lowest BCUT2D eigenvalue weighted by molar-refractivity contribution is 0.332. The van der Waals surface area contributed by atoms with Gasteiger partial charge in [0.1, 0.15) is 0 Å². The summed E-state index contributed by atoms with van der Waals surface area (Å²) in [6.07, 6.45) is 1.18. The third-order valence-corrected chi connectivity index (χ3v) is 3.88. The Kier molecular flexibility index (Phi) is 4.49. The van der Waals surface area contributed by atoms with Crippen LogP contribution < -0.4 is 10.6 Å². The lowest BCUT2D eigenvalue weighted by Crippen LogP contribution is -2.45. The molecule has 0 spiro atoms. The van der Waals surface area contributed by atoms with E-state index in [9.17, 15) is 0 Å². The van der Waals surface area contributed by atoms with Crippen LogP contribution in [0.3, 0.4) is 0 Å². The van der Waals surface area contributed by atoms with Gasteiger partial charge in [-0.2, -0.15) is 0 Å². The van der Waals surface area contributed by atoms with Gasteiger partial charge in [-0.3, -0.25) is 0 Å². The maximum absolute atomic E-state index is 6.03. The van der Waals surface area contributed by atoms with Gasteiger partial charge in [0, 0.05) is 30.3 Å². The maximum Gasteiger partial charge on any atom is 0.0539 e. The van der Waals surface area contributed by atoms with Gasteiger partial charge in [0.05, 0.1) is 6.04 Å². The topological polar surface area (TPSA) is 32.5 Å². The highest BCUT2D eigenvalue weighted by molar-refractivity contribution is 6.30. The molecule has 18 heavy (non-hydrogen) atoms. The number of benzene rings is 1. The number of halogens is 1. The fourth-order valence-corrected chi connectivity index (χ4v) is 2.93. The maximum atomic E-state index is 6.03. The molecule has 1 fully saturated rings. The third-order valence-electron chi connectivity index (χ3n) is 3.64. The minimum Gasteiger partial charge on any atom is -0.366 e. The monoisotopic (exact) mass is 267 g/mol. The second-order valence-corrected chi connectivity index (χ2v) is 5.57. The zero-order chi connectivity index (χ0) is 13.1. The Labute approximate surface area is 115 Å². The second kappa shape index (κ2) is 5.91. The van der Waals surface area contributed by atoms with Crippen LogP contribution in [0.25, 0.3) is 0 Å². The summed E-state index contributed by atoms with van der Waals surface area (Å²) >= 11 is 6.03. The van der Waals surface area contributed by atoms with Crippen LogP contribution in [0.15, 0.2) is 18.2 Å². The van der Waals surface area contributed by atoms with E-state index in [-0.39, 0.29) is 0 Å². The summed E-state index contributed by atoms with van der Waals surface area (Å²) in [5.41, 5.74) is 8.44. The molecule has 1 aliphatic rings. The fraction of sp³-hybridized carbons (Fsp3) is 0.571. The molecule has 2 N–H and O–H groups in total. The molecular formula is C14H22ClN3. The Morgan fingerprint density at radius 2 is 2.17 bits per heavy atom. The number of nitrogens with two attached hydrogens (primary N) is 1. The molecular weight excluding hydrogens is 246 g/mol. The number of rotatable bonds is 2. The first-order chi connectivity index (χ1) is 8.61. The van der Waals surface area contributed by atoms with Gasteiger partial charge >= 0.3 is 0 Å². The van der Waals surface area contributed by atoms with E-state index >= 15 is 0 Å². The second-order valence-electron chi connectivity index (χ2n) is 5.13. The van der Waals surface area contributed by atoms with Crippen LogP contribution in [-0.4, -0.2) is 44.2 Å². The molecule has 1 aromatic rings. The molecule has 1 atom stereocenters. The highest BCUT2D eigenvalue weighted by Gasteiger charge is 2.23. The molecule has 1 unspecified atom stereocenters. The first-order valence-corrected chi connectivity index (χ1v) is 6.91. The summed E-state index contributed by atoms with van der Waals surface area (Å²) in [5, 5.41) is 0.799. The highest BCUT2D eigenvalue weighted by atomic mass is 35.5. The highest BCUT2D eigenvalue weighted by Crippen LogP contribution is 2.26. The van der Waals surface area contributed by atoms with Crippen LogP contribution in [0.5, 0.6) is 0 Å². The largest absolute Gasteiger partial charge is 0.366 e. The van der Waals surface area contributed by atoms with E-state index in [0.29, 0.717) is 12.6 Å². The Hall–Kier alpha value is -0.770. The van der Waals surface area contributed by atoms with Crippen molar-refractivity contribution >= 4 is 17.3 Å². The summed E-state index contributed by atoms with van der Waals surface area (Å²) in [4.78, 5) is 4.80. The van der Waals surface area contributed by atoms with Gasteiger partial charge in [-0.05, 0) is 50.7 Å².